The van der Waals surface area contributed by atoms with Gasteiger partial charge in [0.2, 0.25) is 59.1 Å². The number of unbranched alkanes of at least 4 members (excludes halogenated alkanes) is 1. The van der Waals surface area contributed by atoms with Gasteiger partial charge in [-0.05, 0) is 68.3 Å². The topological polar surface area (TPSA) is 521 Å². The number of aromatic amines is 1. The molecule has 3 heterocycles. The van der Waals surface area contributed by atoms with Crippen LogP contribution in [0.3, 0.4) is 0 Å². The number of H-pyrrole nitrogens is 1. The minimum absolute atomic E-state index is 0. The molecule has 33 nitrogen and oxygen atoms in total. The van der Waals surface area contributed by atoms with E-state index in [0.717, 1.165) is 28.5 Å². The number of rotatable bonds is 26. The monoisotopic (exact) mass is 1640 g/mol. The molecule has 36 heteroatoms. The quantitative estimate of drug-likeness (QED) is 0.00914. The van der Waals surface area contributed by atoms with Gasteiger partial charge in [-0.15, -0.1) is 5.75 Å². The summed E-state index contributed by atoms with van der Waals surface area (Å²) in [4.78, 5) is 165. The molecule has 2 fully saturated rings. The van der Waals surface area contributed by atoms with Gasteiger partial charge in [-0.3, -0.25) is 67.5 Å². The van der Waals surface area contributed by atoms with Crippen LogP contribution in [0.15, 0.2) is 85.1 Å². The van der Waals surface area contributed by atoms with Crippen molar-refractivity contribution in [2.45, 2.75) is 113 Å². The van der Waals surface area contributed by atoms with E-state index in [9.17, 15) is 63.9 Å². The van der Waals surface area contributed by atoms with Gasteiger partial charge in [-0.2, -0.15) is 0 Å². The molecule has 2 aliphatic heterocycles. The van der Waals surface area contributed by atoms with Crippen molar-refractivity contribution in [2.24, 2.45) is 17.2 Å². The minimum atomic E-state index is -1.90. The Morgan fingerprint density at radius 1 is 0.644 bits per heavy atom. The number of aliphatic hydroxyl groups excluding tert-OH is 2. The van der Waals surface area contributed by atoms with Crippen molar-refractivity contribution in [3.05, 3.63) is 102 Å². The molecule has 0 bridgehead atoms. The zero-order valence-electron chi connectivity index (χ0n) is 56.2. The predicted octanol–water partition coefficient (Wildman–Crippen LogP) is -6.33. The number of carboxylic acid groups (broad SMARTS) is 1. The third kappa shape index (κ3) is 28.4. The maximum absolute atomic E-state index is 15.3. The van der Waals surface area contributed by atoms with Gasteiger partial charge in [0.25, 0.3) is 0 Å². The Bertz CT molecular complexity index is 3420. The molecule has 2 radical (unpaired) electrons. The molecule has 101 heavy (non-hydrogen) atoms. The number of para-hydroxylation sites is 1. The fourth-order valence-corrected chi connectivity index (χ4v) is 13.5. The fraction of sp³-hybridized carbons (Fsp3) is 0.508. The Kier molecular flexibility index (Phi) is 35.1. The SMILES string of the molecule is CC(O)C(NC(=O)C1CSSCC(NC(=O)C(Cc2ccccc2)NC(=O)CN2CCN(CC(N)=O)CCN(CC(=N)[O-])CCN(CC(N)=O)CC2)C(=O)NC(Cc2ccc([O-])cc2)C(=O)NC(Cc2c[nH]c3ccccc23)C(=O)NC(CCCCN)C(=O)NC(C(C)O)C(=O)N1)C(=O)O.[Pb+2]. The van der Waals surface area contributed by atoms with Crippen molar-refractivity contribution < 1.29 is 78.3 Å². The van der Waals surface area contributed by atoms with Crippen LogP contribution in [0.2, 0.25) is 0 Å². The molecule has 10 unspecified atom stereocenters. The summed E-state index contributed by atoms with van der Waals surface area (Å²) in [5.74, 6) is -12.8. The van der Waals surface area contributed by atoms with Crippen molar-refractivity contribution in [3.8, 4) is 5.75 Å². The van der Waals surface area contributed by atoms with E-state index >= 15 is 14.4 Å². The molecule has 10 amide bonds. The largest absolute Gasteiger partial charge is 2.00 e. The van der Waals surface area contributed by atoms with Crippen molar-refractivity contribution in [2.75, 3.05) is 96.6 Å². The maximum Gasteiger partial charge on any atom is 2.00 e. The molecule has 3 aromatic carbocycles. The summed E-state index contributed by atoms with van der Waals surface area (Å²) in [6.07, 6.45) is -1.88. The van der Waals surface area contributed by atoms with E-state index < -0.39 is 143 Å². The van der Waals surface area contributed by atoms with E-state index in [0.29, 0.717) is 34.0 Å². The van der Waals surface area contributed by atoms with Gasteiger partial charge in [0.1, 0.15) is 42.3 Å². The molecule has 1 aromatic heterocycles. The van der Waals surface area contributed by atoms with Crippen LogP contribution in [0.25, 0.3) is 10.9 Å². The van der Waals surface area contributed by atoms with Crippen LogP contribution in [-0.4, -0.2) is 295 Å². The molecular weight excluding hydrogens is 1550 g/mol. The molecule has 548 valence electrons. The molecule has 0 aliphatic carbocycles. The van der Waals surface area contributed by atoms with Crippen LogP contribution in [0.4, 0.5) is 0 Å². The summed E-state index contributed by atoms with van der Waals surface area (Å²) < 4.78 is 0. The molecule has 4 aromatic rings. The first-order chi connectivity index (χ1) is 47.7. The van der Waals surface area contributed by atoms with Crippen molar-refractivity contribution in [1.29, 1.82) is 5.41 Å². The normalized spacial score (nSPS) is 21.7. The van der Waals surface area contributed by atoms with Gasteiger partial charge in [0.05, 0.1) is 31.8 Å². The standard InChI is InChI=1S/C65H93N17O16S2.Pb/c1-38(83)56-64(96)76-51(63(95)78-57(39(2)84)65(97)98)37-100-99-36-50(75-59(91)47(28-40-10-4-3-5-11-40)71-55(89)35-82-26-24-80(33-53(68)87)22-20-79(32-52(67)86)21-23-81(25-27-82)34-54(69)88)62(94)73-48(29-41-15-17-43(85)18-16-41)60(92)74-49(30-42-31-70-45-13-7-6-12-44(42)45)61(93)72-46(58(90)77-56)14-8-9-19-66;/h3-7,10-13,15-18,31,38-39,46-51,56-57,70,83-85H,8-9,14,19-30,32-37,66H2,1-2H3,(H2,67,86)(H2,68,87)(H2,69,88)(H,71,89)(H,72,93)(H,73,94)(H,74,92)(H,75,91)(H,76,96)(H,77,90)(H,78,95)(H,97,98);/q;+2/p-2. The summed E-state index contributed by atoms with van der Waals surface area (Å²) in [5, 5.41) is 84.9. The number of carbonyl (C=O) groups is 11. The minimum Gasteiger partial charge on any atom is -0.872 e. The maximum atomic E-state index is 15.3. The fourth-order valence-electron chi connectivity index (χ4n) is 11.2. The number of nitrogens with two attached hydrogens (primary N) is 3. The van der Waals surface area contributed by atoms with Gasteiger partial charge >= 0.3 is 33.3 Å². The third-order valence-electron chi connectivity index (χ3n) is 16.6. The molecule has 19 N–H and O–H groups in total. The van der Waals surface area contributed by atoms with Crippen molar-refractivity contribution >= 4 is 131 Å². The van der Waals surface area contributed by atoms with E-state index in [1.165, 1.54) is 31.2 Å². The molecule has 0 saturated carbocycles. The smallest absolute Gasteiger partial charge is 0.872 e. The predicted molar refractivity (Wildman–Crippen MR) is 374 cm³/mol. The molecular formula is C65H91N17O16PbS2. The summed E-state index contributed by atoms with van der Waals surface area (Å²) in [5.41, 5.74) is 19.2. The van der Waals surface area contributed by atoms with E-state index in [-0.39, 0.29) is 150 Å². The number of carbonyl (C=O) groups excluding carboxylic acids is 10. The van der Waals surface area contributed by atoms with Gasteiger partial charge < -0.3 is 95.7 Å². The Labute approximate surface area is 612 Å². The van der Waals surface area contributed by atoms with Gasteiger partial charge in [-0.1, -0.05) is 94.4 Å². The second kappa shape index (κ2) is 42.4. The van der Waals surface area contributed by atoms with Crippen LogP contribution < -0.4 is 69.9 Å². The second-order valence-corrected chi connectivity index (χ2v) is 27.2. The van der Waals surface area contributed by atoms with Crippen LogP contribution in [0, 0.1) is 5.41 Å². The number of aromatic nitrogens is 1. The average molecular weight is 1640 g/mol. The summed E-state index contributed by atoms with van der Waals surface area (Å²) >= 11 is 0. The van der Waals surface area contributed by atoms with Crippen molar-refractivity contribution in [3.63, 3.8) is 0 Å². The number of amides is 10. The van der Waals surface area contributed by atoms with E-state index in [1.807, 2.05) is 0 Å². The van der Waals surface area contributed by atoms with Gasteiger partial charge in [-0.25, -0.2) is 4.79 Å². The number of fused-ring (bicyclic) bond motifs is 1. The molecule has 2 saturated heterocycles. The summed E-state index contributed by atoms with van der Waals surface area (Å²) in [7, 11) is 1.68. The van der Waals surface area contributed by atoms with Crippen molar-refractivity contribution in [1.82, 2.24) is 67.1 Å². The first-order valence-corrected chi connectivity index (χ1v) is 35.2. The molecule has 2 aliphatic rings. The van der Waals surface area contributed by atoms with E-state index in [1.54, 1.807) is 80.4 Å². The number of carboxylic acids is 1. The first-order valence-electron chi connectivity index (χ1n) is 32.7. The first kappa shape index (κ1) is 83.6. The number of hydrogen-bond donors (Lipinski definition) is 16. The Morgan fingerprint density at radius 3 is 1.74 bits per heavy atom. The van der Waals surface area contributed by atoms with E-state index in [4.69, 9.17) is 22.6 Å². The number of hydrogen-bond acceptors (Lipinski definition) is 23. The number of benzene rings is 3. The number of aliphatic carboxylic acids is 1. The number of nitrogens with one attached hydrogen (secondary N) is 10. The number of nitrogens with zero attached hydrogens (tertiary/aromatic N) is 4. The number of primary amides is 2. The average Bonchev–Trinajstić information content (AvgIpc) is 1.75. The second-order valence-electron chi connectivity index (χ2n) is 24.6. The molecule has 0 spiro atoms. The van der Waals surface area contributed by atoms with Gasteiger partial charge in [0.15, 0.2) is 6.04 Å². The van der Waals surface area contributed by atoms with Crippen LogP contribution in [0.5, 0.6) is 5.75 Å². The van der Waals surface area contributed by atoms with Crippen LogP contribution in [0.1, 0.15) is 49.8 Å². The molecule has 6 rings (SSSR count). The number of aliphatic hydroxyl groups is 2. The Hall–Kier alpha value is -8.02. The van der Waals surface area contributed by atoms with Gasteiger partial charge in [0, 0.05) is 107 Å². The summed E-state index contributed by atoms with van der Waals surface area (Å²) in [6.45, 7) is 3.08. The summed E-state index contributed by atoms with van der Waals surface area (Å²) in [6, 6.07) is 7.79. The Balaban J connectivity index is 0.0000184. The van der Waals surface area contributed by atoms with E-state index in [2.05, 4.69) is 47.5 Å². The zero-order chi connectivity index (χ0) is 73.0. The van der Waals surface area contributed by atoms with Crippen LogP contribution >= 0.6 is 21.6 Å². The third-order valence-corrected chi connectivity index (χ3v) is 19.0. The molecule has 10 atom stereocenters. The Morgan fingerprint density at radius 2 is 1.18 bits per heavy atom. The van der Waals surface area contributed by atoms with Crippen LogP contribution in [-0.2, 0) is 72.0 Å². The zero-order valence-corrected chi connectivity index (χ0v) is 61.7.